The fourth-order valence-electron chi connectivity index (χ4n) is 24.2. The van der Waals surface area contributed by atoms with Crippen LogP contribution in [-0.2, 0) is 6.51 Å². The van der Waals surface area contributed by atoms with Crippen molar-refractivity contribution in [3.63, 3.8) is 0 Å². The average Bonchev–Trinajstić information content (AvgIpc) is 3.53. The Labute approximate surface area is 210 Å². The van der Waals surface area contributed by atoms with Gasteiger partial charge >= 0.3 is 211 Å². The molecule has 0 N–H and O–H groups in total. The molecule has 0 nitrogen and oxygen atoms in total. The van der Waals surface area contributed by atoms with Gasteiger partial charge in [-0.15, -0.1) is 0 Å². The molecule has 8 unspecified atom stereocenters. The Hall–Kier alpha value is 1.38. The maximum atomic E-state index is 2.77. The molecule has 10 rings (SSSR count). The van der Waals surface area contributed by atoms with Crippen molar-refractivity contribution in [3.8, 4) is 0 Å². The topological polar surface area (TPSA) is 0 Å². The Balaban J connectivity index is 1.25. The molecule has 0 radical (unpaired) electrons. The van der Waals surface area contributed by atoms with Gasteiger partial charge in [0.25, 0.3) is 0 Å². The van der Waals surface area contributed by atoms with E-state index < -0.39 is 6.51 Å². The number of rotatable bonds is 4. The van der Waals surface area contributed by atoms with E-state index in [9.17, 15) is 0 Å². The van der Waals surface area contributed by atoms with Crippen LogP contribution in [-0.4, -0.2) is 32.9 Å². The van der Waals surface area contributed by atoms with Crippen molar-refractivity contribution in [2.45, 2.75) is 171 Å². The molecule has 0 aliphatic carbocycles. The van der Waals surface area contributed by atoms with E-state index in [1.54, 1.807) is 12.3 Å². The van der Waals surface area contributed by atoms with Crippen molar-refractivity contribution in [2.24, 2.45) is 5.41 Å². The minimum absolute atomic E-state index is 0.0221. The summed E-state index contributed by atoms with van der Waals surface area (Å²) in [5, 5.41) is 1.96. The van der Waals surface area contributed by atoms with Crippen LogP contribution in [0.3, 0.4) is 0 Å². The van der Waals surface area contributed by atoms with Gasteiger partial charge in [0, 0.05) is 0 Å². The fourth-order valence-corrected chi connectivity index (χ4v) is 120. The summed E-state index contributed by atoms with van der Waals surface area (Å²) >= 11 is 0. The summed E-state index contributed by atoms with van der Waals surface area (Å²) in [6.07, 6.45) is 3.47. The molecule has 0 amide bonds. The van der Waals surface area contributed by atoms with Crippen LogP contribution in [0, 0.1) is 5.41 Å². The Morgan fingerprint density at radius 3 is 0.971 bits per heavy atom. The summed E-state index contributed by atoms with van der Waals surface area (Å²) < 4.78 is 2.86. The fraction of sp³-hybridized carbons (Fsp3) is 1.00. The molecule has 10 aliphatic heterocycles. The number of hydrogen-bond acceptors (Lipinski definition) is 0. The van der Waals surface area contributed by atoms with Gasteiger partial charge in [0.2, 0.25) is 0 Å². The third-order valence-corrected chi connectivity index (χ3v) is 74.4. The zero-order valence-electron chi connectivity index (χ0n) is 25.7. The van der Waals surface area contributed by atoms with Gasteiger partial charge < -0.3 is 0 Å². The van der Waals surface area contributed by atoms with E-state index in [0.717, 1.165) is 12.9 Å². The molecule has 3 heteroatoms. The molecule has 0 aromatic carbocycles. The van der Waals surface area contributed by atoms with E-state index in [-0.39, 0.29) is 15.8 Å². The second kappa shape index (κ2) is 2.75. The molecule has 10 aliphatic rings. The van der Waals surface area contributed by atoms with E-state index in [1.807, 2.05) is 0 Å². The molecule has 202 valence electrons. The predicted molar refractivity (Wildman–Crippen MR) is 156 cm³/mol. The summed E-state index contributed by atoms with van der Waals surface area (Å²) in [5.74, 6) is 0. The molecule has 35 heavy (non-hydrogen) atoms. The first kappa shape index (κ1) is 22.1. The van der Waals surface area contributed by atoms with E-state index in [4.69, 9.17) is 0 Å². The molecule has 0 aromatic rings. The van der Waals surface area contributed by atoms with Gasteiger partial charge in [-0.3, -0.25) is 0 Å². The van der Waals surface area contributed by atoms with Crippen LogP contribution >= 0.6 is 15.8 Å². The zero-order chi connectivity index (χ0) is 25.9. The van der Waals surface area contributed by atoms with Crippen LogP contribution in [0.2, 0.25) is 46.7 Å². The SMILES string of the molecule is CC(C)(C)P(C[C]12[CH]3[CH]4[CH]5[C]1(CP(C(C)(C)C)C(C)(C)C)[Fe]43521678[CH]2[CH]1[CH]6[C]7(C(C)(C)C)[CH]28)C(C)(C)C. The van der Waals surface area contributed by atoms with Gasteiger partial charge in [-0.25, -0.2) is 0 Å². The van der Waals surface area contributed by atoms with Crippen LogP contribution in [0.4, 0.5) is 0 Å². The van der Waals surface area contributed by atoms with E-state index in [0.29, 0.717) is 26.0 Å². The first-order valence-corrected chi connectivity index (χ1v) is 24.2. The van der Waals surface area contributed by atoms with E-state index in [2.05, 4.69) is 104 Å². The van der Waals surface area contributed by atoms with Gasteiger partial charge in [0.1, 0.15) is 0 Å². The van der Waals surface area contributed by atoms with Crippen molar-refractivity contribution >= 4 is 15.8 Å². The van der Waals surface area contributed by atoms with E-state index in [1.165, 1.54) is 33.7 Å². The van der Waals surface area contributed by atoms with Crippen LogP contribution in [0.25, 0.3) is 0 Å². The molecule has 10 heterocycles. The maximum absolute atomic E-state index is 3.73. The molecule has 0 aromatic heterocycles. The van der Waals surface area contributed by atoms with E-state index >= 15 is 0 Å². The van der Waals surface area contributed by atoms with Gasteiger partial charge in [-0.1, -0.05) is 0 Å². The third-order valence-electron chi connectivity index (χ3n) is 20.8. The Kier molecular flexibility index (Phi) is 1.74. The van der Waals surface area contributed by atoms with Gasteiger partial charge in [0.05, 0.1) is 0 Å². The summed E-state index contributed by atoms with van der Waals surface area (Å²) in [6.45, 7) is 36.2. The Bertz CT molecular complexity index is 1480. The first-order chi connectivity index (χ1) is 15.3. The molecular weight excluding hydrogens is 502 g/mol. The Morgan fingerprint density at radius 1 is 0.486 bits per heavy atom. The standard InChI is InChI=1S/C23H43P2.C9H13.Fe/c1-20(2,3)24(21(4,5)6)16-18-14-13-15-19(18)17-25(22(7,8)9)23(10,11)12;1-9(2,3)8-6-4-5-7-8;/h13-15H,16-17H2,1-12H3;4-7H,1-3H3;. The molecular formula is C32H56FeP2. The number of fused-ring (bicyclic) bond motifs is 10. The summed E-state index contributed by atoms with van der Waals surface area (Å²) in [4.78, 5) is 9.64. The van der Waals surface area contributed by atoms with Crippen molar-refractivity contribution < 1.29 is 6.51 Å². The van der Waals surface area contributed by atoms with Crippen molar-refractivity contribution in [3.05, 3.63) is 0 Å². The molecule has 0 bridgehead atoms. The van der Waals surface area contributed by atoms with Crippen LogP contribution in [0.5, 0.6) is 0 Å². The van der Waals surface area contributed by atoms with Gasteiger partial charge in [-0.2, -0.15) is 0 Å². The average molecular weight is 559 g/mol. The quantitative estimate of drug-likeness (QED) is 0.238. The molecule has 8 atom stereocenters. The predicted octanol–water partition coefficient (Wildman–Crippen LogP) is 11.7. The zero-order valence-corrected chi connectivity index (χ0v) is 28.6. The van der Waals surface area contributed by atoms with Crippen LogP contribution in [0.1, 0.15) is 104 Å². The second-order valence-electron chi connectivity index (χ2n) is 22.2. The molecule has 0 saturated carbocycles. The Morgan fingerprint density at radius 2 is 0.800 bits per heavy atom. The normalized spacial score (nSPS) is 71.3. The van der Waals surface area contributed by atoms with Gasteiger partial charge in [-0.05, 0) is 0 Å². The van der Waals surface area contributed by atoms with Gasteiger partial charge in [0.15, 0.2) is 0 Å². The van der Waals surface area contributed by atoms with Crippen LogP contribution in [0.15, 0.2) is 0 Å². The molecule has 1 spiro atoms. The van der Waals surface area contributed by atoms with Crippen molar-refractivity contribution in [1.29, 1.82) is 0 Å². The summed E-state index contributed by atoms with van der Waals surface area (Å²) in [5.41, 5.74) is 0.598. The second-order valence-corrected chi connectivity index (χ2v) is 53.1. The minimum atomic E-state index is -3.73. The van der Waals surface area contributed by atoms with Crippen LogP contribution < -0.4 is 0 Å². The monoisotopic (exact) mass is 558 g/mol. The first-order valence-electron chi connectivity index (χ1n) is 15.0. The third kappa shape index (κ3) is 0.487. The number of hydrogen-bond donors (Lipinski definition) is 0. The molecule has 10 saturated heterocycles. The summed E-state index contributed by atoms with van der Waals surface area (Å²) in [6, 6.07) is 0. The summed E-state index contributed by atoms with van der Waals surface area (Å²) in [7, 11) is 0.0442. The molecule has 10 fully saturated rings. The van der Waals surface area contributed by atoms with Crippen molar-refractivity contribution in [2.75, 3.05) is 12.3 Å². The van der Waals surface area contributed by atoms with Crippen molar-refractivity contribution in [1.82, 2.24) is 0 Å².